The first-order chi connectivity index (χ1) is 9.52. The molecule has 0 saturated carbocycles. The van der Waals surface area contributed by atoms with Gasteiger partial charge in [0.2, 0.25) is 0 Å². The second-order valence-corrected chi connectivity index (χ2v) is 4.23. The molecule has 0 aliphatic heterocycles. The van der Waals surface area contributed by atoms with E-state index in [4.69, 9.17) is 0 Å². The number of phenols is 2. The Morgan fingerprint density at radius 1 is 1.20 bits per heavy atom. The maximum atomic E-state index is 13.2. The van der Waals surface area contributed by atoms with Gasteiger partial charge in [0.25, 0.3) is 5.91 Å². The lowest BCUT2D eigenvalue weighted by molar-refractivity contribution is 0.0985. The summed E-state index contributed by atoms with van der Waals surface area (Å²) in [6, 6.07) is 9.38. The SMILES string of the molecule is CCN(C(=O)c1cc(F)ccc1O)c1cccc(O)c1. The fourth-order valence-electron chi connectivity index (χ4n) is 1.93. The molecule has 0 saturated heterocycles. The Hall–Kier alpha value is -2.56. The number of amides is 1. The van der Waals surface area contributed by atoms with Gasteiger partial charge in [0.15, 0.2) is 0 Å². The Morgan fingerprint density at radius 3 is 2.60 bits per heavy atom. The van der Waals surface area contributed by atoms with Crippen LogP contribution >= 0.6 is 0 Å². The summed E-state index contributed by atoms with van der Waals surface area (Å²) < 4.78 is 13.2. The van der Waals surface area contributed by atoms with Crippen molar-refractivity contribution >= 4 is 11.6 Å². The molecular formula is C15H14FNO3. The fraction of sp³-hybridized carbons (Fsp3) is 0.133. The minimum absolute atomic E-state index is 0.0252. The summed E-state index contributed by atoms with van der Waals surface area (Å²) in [6.45, 7) is 2.07. The number of benzene rings is 2. The molecule has 0 aliphatic carbocycles. The van der Waals surface area contributed by atoms with Crippen molar-refractivity contribution in [1.29, 1.82) is 0 Å². The Labute approximate surface area is 115 Å². The molecule has 5 heteroatoms. The fourth-order valence-corrected chi connectivity index (χ4v) is 1.93. The van der Waals surface area contributed by atoms with Crippen molar-refractivity contribution in [3.05, 3.63) is 53.8 Å². The first-order valence-electron chi connectivity index (χ1n) is 6.12. The van der Waals surface area contributed by atoms with E-state index in [0.717, 1.165) is 18.2 Å². The minimum Gasteiger partial charge on any atom is -0.508 e. The van der Waals surface area contributed by atoms with Crippen molar-refractivity contribution in [2.75, 3.05) is 11.4 Å². The summed E-state index contributed by atoms with van der Waals surface area (Å²) in [5, 5.41) is 19.1. The Bertz CT molecular complexity index is 643. The third-order valence-corrected chi connectivity index (χ3v) is 2.89. The molecule has 0 radical (unpaired) electrons. The number of carbonyl (C=O) groups excluding carboxylic acids is 1. The van der Waals surface area contributed by atoms with E-state index in [1.54, 1.807) is 19.1 Å². The Kier molecular flexibility index (Phi) is 3.89. The van der Waals surface area contributed by atoms with E-state index in [1.165, 1.54) is 17.0 Å². The highest BCUT2D eigenvalue weighted by Gasteiger charge is 2.20. The topological polar surface area (TPSA) is 60.8 Å². The lowest BCUT2D eigenvalue weighted by atomic mass is 10.1. The zero-order valence-electron chi connectivity index (χ0n) is 10.9. The Morgan fingerprint density at radius 2 is 1.95 bits per heavy atom. The summed E-state index contributed by atoms with van der Waals surface area (Å²) >= 11 is 0. The monoisotopic (exact) mass is 275 g/mol. The van der Waals surface area contributed by atoms with Crippen LogP contribution in [0, 0.1) is 5.82 Å². The number of halogens is 1. The van der Waals surface area contributed by atoms with Crippen molar-refractivity contribution in [1.82, 2.24) is 0 Å². The molecule has 0 aliphatic rings. The molecule has 1 amide bonds. The molecule has 0 bridgehead atoms. The molecule has 2 aromatic carbocycles. The maximum Gasteiger partial charge on any atom is 0.262 e. The Balaban J connectivity index is 2.41. The molecule has 0 unspecified atom stereocenters. The van der Waals surface area contributed by atoms with Gasteiger partial charge in [-0.25, -0.2) is 4.39 Å². The molecule has 20 heavy (non-hydrogen) atoms. The van der Waals surface area contributed by atoms with Crippen LogP contribution in [0.5, 0.6) is 11.5 Å². The molecule has 104 valence electrons. The normalized spacial score (nSPS) is 10.3. The second-order valence-electron chi connectivity index (χ2n) is 4.23. The van der Waals surface area contributed by atoms with E-state index in [-0.39, 0.29) is 17.1 Å². The molecule has 2 aromatic rings. The number of phenolic OH excluding ortho intramolecular Hbond substituents is 2. The van der Waals surface area contributed by atoms with E-state index in [1.807, 2.05) is 0 Å². The smallest absolute Gasteiger partial charge is 0.262 e. The molecule has 2 rings (SSSR count). The molecule has 4 nitrogen and oxygen atoms in total. The second kappa shape index (κ2) is 5.61. The average Bonchev–Trinajstić information content (AvgIpc) is 2.42. The molecule has 0 heterocycles. The molecule has 0 spiro atoms. The van der Waals surface area contributed by atoms with Gasteiger partial charge in [-0.1, -0.05) is 6.07 Å². The first-order valence-corrected chi connectivity index (χ1v) is 6.12. The third-order valence-electron chi connectivity index (χ3n) is 2.89. The van der Waals surface area contributed by atoms with Gasteiger partial charge >= 0.3 is 0 Å². The van der Waals surface area contributed by atoms with Gasteiger partial charge in [-0.15, -0.1) is 0 Å². The van der Waals surface area contributed by atoms with E-state index in [9.17, 15) is 19.4 Å². The van der Waals surface area contributed by atoms with Crippen molar-refractivity contribution in [3.63, 3.8) is 0 Å². The highest BCUT2D eigenvalue weighted by molar-refractivity contribution is 6.07. The number of anilines is 1. The van der Waals surface area contributed by atoms with Crippen LogP contribution in [-0.2, 0) is 0 Å². The summed E-state index contributed by atoms with van der Waals surface area (Å²) in [7, 11) is 0. The van der Waals surface area contributed by atoms with Gasteiger partial charge in [-0.2, -0.15) is 0 Å². The highest BCUT2D eigenvalue weighted by Crippen LogP contribution is 2.25. The third kappa shape index (κ3) is 2.71. The molecule has 0 aromatic heterocycles. The lowest BCUT2D eigenvalue weighted by Gasteiger charge is -2.21. The molecule has 0 atom stereocenters. The first kappa shape index (κ1) is 13.9. The predicted molar refractivity (Wildman–Crippen MR) is 73.5 cm³/mol. The standard InChI is InChI=1S/C15H14FNO3/c1-2-17(11-4-3-5-12(18)9-11)15(20)13-8-10(16)6-7-14(13)19/h3-9,18-19H,2H2,1H3. The van der Waals surface area contributed by atoms with Gasteiger partial charge in [0.1, 0.15) is 17.3 Å². The number of rotatable bonds is 3. The number of aromatic hydroxyl groups is 2. The maximum absolute atomic E-state index is 13.2. The van der Waals surface area contributed by atoms with Gasteiger partial charge in [-0.05, 0) is 37.3 Å². The summed E-state index contributed by atoms with van der Waals surface area (Å²) in [5.41, 5.74) is 0.358. The number of nitrogens with zero attached hydrogens (tertiary/aromatic N) is 1. The zero-order valence-corrected chi connectivity index (χ0v) is 10.9. The van der Waals surface area contributed by atoms with Crippen LogP contribution in [0.15, 0.2) is 42.5 Å². The van der Waals surface area contributed by atoms with Gasteiger partial charge in [-0.3, -0.25) is 4.79 Å². The molecule has 2 N–H and O–H groups in total. The van der Waals surface area contributed by atoms with Crippen molar-refractivity contribution < 1.29 is 19.4 Å². The predicted octanol–water partition coefficient (Wildman–Crippen LogP) is 2.90. The van der Waals surface area contributed by atoms with E-state index in [0.29, 0.717) is 12.2 Å². The van der Waals surface area contributed by atoms with Gasteiger partial charge < -0.3 is 15.1 Å². The quantitative estimate of drug-likeness (QED) is 0.905. The van der Waals surface area contributed by atoms with E-state index >= 15 is 0 Å². The molecule has 0 fully saturated rings. The van der Waals surface area contributed by atoms with Crippen LogP contribution in [0.3, 0.4) is 0 Å². The lowest BCUT2D eigenvalue weighted by Crippen LogP contribution is -2.30. The van der Waals surface area contributed by atoms with Crippen molar-refractivity contribution in [3.8, 4) is 11.5 Å². The average molecular weight is 275 g/mol. The largest absolute Gasteiger partial charge is 0.508 e. The number of carbonyl (C=O) groups is 1. The zero-order chi connectivity index (χ0) is 14.7. The highest BCUT2D eigenvalue weighted by atomic mass is 19.1. The van der Waals surface area contributed by atoms with Gasteiger partial charge in [0.05, 0.1) is 5.56 Å². The van der Waals surface area contributed by atoms with Crippen LogP contribution < -0.4 is 4.90 Å². The van der Waals surface area contributed by atoms with Crippen LogP contribution in [0.2, 0.25) is 0 Å². The van der Waals surface area contributed by atoms with Crippen LogP contribution in [-0.4, -0.2) is 22.7 Å². The summed E-state index contributed by atoms with van der Waals surface area (Å²) in [6.07, 6.45) is 0. The molecular weight excluding hydrogens is 261 g/mol. The summed E-state index contributed by atoms with van der Waals surface area (Å²) in [4.78, 5) is 13.7. The van der Waals surface area contributed by atoms with E-state index < -0.39 is 11.7 Å². The van der Waals surface area contributed by atoms with Crippen LogP contribution in [0.4, 0.5) is 10.1 Å². The van der Waals surface area contributed by atoms with Gasteiger partial charge in [0, 0.05) is 18.3 Å². The van der Waals surface area contributed by atoms with Crippen LogP contribution in [0.25, 0.3) is 0 Å². The number of hydrogen-bond donors (Lipinski definition) is 2. The van der Waals surface area contributed by atoms with Crippen molar-refractivity contribution in [2.45, 2.75) is 6.92 Å². The minimum atomic E-state index is -0.599. The number of hydrogen-bond acceptors (Lipinski definition) is 3. The summed E-state index contributed by atoms with van der Waals surface area (Å²) in [5.74, 6) is -1.39. The van der Waals surface area contributed by atoms with Crippen molar-refractivity contribution in [2.24, 2.45) is 0 Å². The van der Waals surface area contributed by atoms with Crippen LogP contribution in [0.1, 0.15) is 17.3 Å². The van der Waals surface area contributed by atoms with E-state index in [2.05, 4.69) is 0 Å².